The Morgan fingerprint density at radius 3 is 2.25 bits per heavy atom. The smallest absolute Gasteiger partial charge is 0.261 e. The number of halogens is 1. The van der Waals surface area contributed by atoms with E-state index in [1.54, 1.807) is 49.4 Å². The molecule has 3 aromatic rings. The molecular weight excluding hydrogens is 440 g/mol. The molecular formula is C21H19BrN2O3S. The summed E-state index contributed by atoms with van der Waals surface area (Å²) >= 11 is 3.39. The van der Waals surface area contributed by atoms with Gasteiger partial charge in [0.2, 0.25) is 0 Å². The number of carbonyl (C=O) groups is 1. The minimum absolute atomic E-state index is 0.167. The van der Waals surface area contributed by atoms with Crippen LogP contribution in [-0.2, 0) is 10.0 Å². The normalized spacial score (nSPS) is 11.1. The predicted octanol–water partition coefficient (Wildman–Crippen LogP) is 5.12. The number of nitrogens with one attached hydrogen (secondary N) is 2. The summed E-state index contributed by atoms with van der Waals surface area (Å²) in [7, 11) is -3.75. The van der Waals surface area contributed by atoms with Crippen molar-refractivity contribution in [3.05, 3.63) is 87.9 Å². The molecule has 28 heavy (non-hydrogen) atoms. The van der Waals surface area contributed by atoms with Crippen LogP contribution in [0.15, 0.2) is 76.1 Å². The molecule has 1 amide bonds. The Morgan fingerprint density at radius 1 is 0.893 bits per heavy atom. The average Bonchev–Trinajstić information content (AvgIpc) is 2.65. The van der Waals surface area contributed by atoms with Gasteiger partial charge in [0, 0.05) is 10.0 Å². The molecule has 0 aromatic heterocycles. The van der Waals surface area contributed by atoms with Gasteiger partial charge < -0.3 is 5.32 Å². The van der Waals surface area contributed by atoms with Gasteiger partial charge in [0.1, 0.15) is 0 Å². The lowest BCUT2D eigenvalue weighted by molar-refractivity contribution is 0.102. The van der Waals surface area contributed by atoms with Gasteiger partial charge in [-0.3, -0.25) is 9.52 Å². The van der Waals surface area contributed by atoms with Crippen LogP contribution in [0.25, 0.3) is 0 Å². The summed E-state index contributed by atoms with van der Waals surface area (Å²) in [5.74, 6) is -0.331. The number of hydrogen-bond acceptors (Lipinski definition) is 3. The number of para-hydroxylation sites is 1. The maximum absolute atomic E-state index is 12.7. The Hall–Kier alpha value is -2.64. The molecule has 0 aliphatic heterocycles. The number of benzene rings is 3. The van der Waals surface area contributed by atoms with Gasteiger partial charge >= 0.3 is 0 Å². The highest BCUT2D eigenvalue weighted by atomic mass is 79.9. The van der Waals surface area contributed by atoms with Crippen LogP contribution in [0.2, 0.25) is 0 Å². The number of sulfonamides is 1. The first kappa shape index (κ1) is 20.1. The molecule has 2 N–H and O–H groups in total. The van der Waals surface area contributed by atoms with Gasteiger partial charge in [-0.2, -0.15) is 0 Å². The molecule has 0 radical (unpaired) electrons. The Bertz CT molecular complexity index is 1130. The number of amides is 1. The van der Waals surface area contributed by atoms with Crippen molar-refractivity contribution >= 4 is 43.2 Å². The van der Waals surface area contributed by atoms with Gasteiger partial charge in [-0.1, -0.05) is 35.9 Å². The quantitative estimate of drug-likeness (QED) is 0.556. The molecule has 0 aliphatic rings. The fourth-order valence-electron chi connectivity index (χ4n) is 2.55. The molecule has 3 rings (SSSR count). The van der Waals surface area contributed by atoms with E-state index < -0.39 is 10.0 Å². The standard InChI is InChI=1S/C21H19BrN2O3S/c1-14-7-11-17(12-8-14)28(26,27)24-20-13-16(10-9-15(20)2)21(25)23-19-6-4-3-5-18(19)22/h3-13,24H,1-2H3,(H,23,25). The second kappa shape index (κ2) is 8.16. The third kappa shape index (κ3) is 4.61. The Kier molecular flexibility index (Phi) is 5.86. The van der Waals surface area contributed by atoms with Crippen molar-refractivity contribution in [3.8, 4) is 0 Å². The van der Waals surface area contributed by atoms with E-state index in [-0.39, 0.29) is 10.8 Å². The SMILES string of the molecule is Cc1ccc(S(=O)(=O)Nc2cc(C(=O)Nc3ccccc3Br)ccc2C)cc1. The van der Waals surface area contributed by atoms with E-state index in [0.29, 0.717) is 22.5 Å². The number of anilines is 2. The first-order chi connectivity index (χ1) is 13.3. The molecule has 0 heterocycles. The predicted molar refractivity (Wildman–Crippen MR) is 115 cm³/mol. The summed E-state index contributed by atoms with van der Waals surface area (Å²) in [6.07, 6.45) is 0. The van der Waals surface area contributed by atoms with Gasteiger partial charge in [0.15, 0.2) is 0 Å². The van der Waals surface area contributed by atoms with Crippen LogP contribution >= 0.6 is 15.9 Å². The molecule has 0 bridgehead atoms. The summed E-state index contributed by atoms with van der Waals surface area (Å²) in [5.41, 5.74) is 3.03. The summed E-state index contributed by atoms with van der Waals surface area (Å²) in [6, 6.07) is 18.8. The Morgan fingerprint density at radius 2 is 1.57 bits per heavy atom. The van der Waals surface area contributed by atoms with Crippen molar-refractivity contribution in [1.29, 1.82) is 0 Å². The van der Waals surface area contributed by atoms with Gasteiger partial charge in [-0.05, 0) is 71.7 Å². The highest BCUT2D eigenvalue weighted by Gasteiger charge is 2.17. The van der Waals surface area contributed by atoms with Crippen molar-refractivity contribution in [2.24, 2.45) is 0 Å². The molecule has 0 saturated heterocycles. The first-order valence-electron chi connectivity index (χ1n) is 8.52. The average molecular weight is 459 g/mol. The van der Waals surface area contributed by atoms with E-state index in [2.05, 4.69) is 26.0 Å². The molecule has 0 unspecified atom stereocenters. The third-order valence-corrected chi connectivity index (χ3v) is 6.27. The van der Waals surface area contributed by atoms with E-state index in [0.717, 1.165) is 10.0 Å². The van der Waals surface area contributed by atoms with E-state index in [1.807, 2.05) is 25.1 Å². The maximum Gasteiger partial charge on any atom is 0.261 e. The molecule has 3 aromatic carbocycles. The molecule has 0 spiro atoms. The van der Waals surface area contributed by atoms with Gasteiger partial charge in [-0.25, -0.2) is 8.42 Å². The Labute approximate surface area is 173 Å². The highest BCUT2D eigenvalue weighted by molar-refractivity contribution is 9.10. The van der Waals surface area contributed by atoms with E-state index >= 15 is 0 Å². The fourth-order valence-corrected chi connectivity index (χ4v) is 4.06. The number of aryl methyl sites for hydroxylation is 2. The van der Waals surface area contributed by atoms with Crippen LogP contribution in [0.5, 0.6) is 0 Å². The van der Waals surface area contributed by atoms with Crippen LogP contribution < -0.4 is 10.0 Å². The molecule has 0 saturated carbocycles. The van der Waals surface area contributed by atoms with Crippen molar-refractivity contribution in [1.82, 2.24) is 0 Å². The molecule has 5 nitrogen and oxygen atoms in total. The molecule has 0 atom stereocenters. The number of carbonyl (C=O) groups excluding carboxylic acids is 1. The fraction of sp³-hybridized carbons (Fsp3) is 0.0952. The van der Waals surface area contributed by atoms with E-state index in [9.17, 15) is 13.2 Å². The van der Waals surface area contributed by atoms with Gasteiger partial charge in [-0.15, -0.1) is 0 Å². The summed E-state index contributed by atoms with van der Waals surface area (Å²) in [4.78, 5) is 12.8. The third-order valence-electron chi connectivity index (χ3n) is 4.20. The zero-order valence-corrected chi connectivity index (χ0v) is 17.8. The Balaban J connectivity index is 1.86. The molecule has 144 valence electrons. The van der Waals surface area contributed by atoms with Crippen LogP contribution in [0.3, 0.4) is 0 Å². The van der Waals surface area contributed by atoms with Gasteiger partial charge in [0.05, 0.1) is 16.3 Å². The molecule has 0 fully saturated rings. The second-order valence-corrected chi connectivity index (χ2v) is 8.92. The zero-order valence-electron chi connectivity index (χ0n) is 15.4. The van der Waals surface area contributed by atoms with Gasteiger partial charge in [0.25, 0.3) is 15.9 Å². The monoisotopic (exact) mass is 458 g/mol. The van der Waals surface area contributed by atoms with Crippen molar-refractivity contribution in [3.63, 3.8) is 0 Å². The topological polar surface area (TPSA) is 75.3 Å². The van der Waals surface area contributed by atoms with Crippen LogP contribution in [-0.4, -0.2) is 14.3 Å². The van der Waals surface area contributed by atoms with Crippen molar-refractivity contribution in [2.45, 2.75) is 18.7 Å². The van der Waals surface area contributed by atoms with Crippen molar-refractivity contribution < 1.29 is 13.2 Å². The van der Waals surface area contributed by atoms with Crippen LogP contribution in [0.1, 0.15) is 21.5 Å². The van der Waals surface area contributed by atoms with Crippen molar-refractivity contribution in [2.75, 3.05) is 10.0 Å². The minimum Gasteiger partial charge on any atom is -0.321 e. The number of rotatable bonds is 5. The lowest BCUT2D eigenvalue weighted by Crippen LogP contribution is -2.16. The summed E-state index contributed by atoms with van der Waals surface area (Å²) < 4.78 is 28.7. The van der Waals surface area contributed by atoms with Crippen LogP contribution in [0, 0.1) is 13.8 Å². The summed E-state index contributed by atoms with van der Waals surface area (Å²) in [6.45, 7) is 3.67. The summed E-state index contributed by atoms with van der Waals surface area (Å²) in [5, 5.41) is 2.81. The van der Waals surface area contributed by atoms with E-state index in [4.69, 9.17) is 0 Å². The number of hydrogen-bond donors (Lipinski definition) is 2. The highest BCUT2D eigenvalue weighted by Crippen LogP contribution is 2.24. The first-order valence-corrected chi connectivity index (χ1v) is 10.8. The van der Waals surface area contributed by atoms with Crippen LogP contribution in [0.4, 0.5) is 11.4 Å². The molecule has 0 aliphatic carbocycles. The minimum atomic E-state index is -3.75. The second-order valence-electron chi connectivity index (χ2n) is 6.38. The maximum atomic E-state index is 12.7. The largest absolute Gasteiger partial charge is 0.321 e. The molecule has 7 heteroatoms. The lowest BCUT2D eigenvalue weighted by atomic mass is 10.1. The zero-order chi connectivity index (χ0) is 20.3. The van der Waals surface area contributed by atoms with E-state index in [1.165, 1.54) is 6.07 Å². The lowest BCUT2D eigenvalue weighted by Gasteiger charge is -2.13.